The van der Waals surface area contributed by atoms with E-state index in [9.17, 15) is 0 Å². The van der Waals surface area contributed by atoms with Gasteiger partial charge in [0.1, 0.15) is 0 Å². The van der Waals surface area contributed by atoms with E-state index in [1.807, 2.05) is 7.05 Å². The lowest BCUT2D eigenvalue weighted by molar-refractivity contribution is 0.0389. The van der Waals surface area contributed by atoms with Gasteiger partial charge in [-0.15, -0.1) is 0 Å². The highest BCUT2D eigenvalue weighted by Gasteiger charge is 2.10. The summed E-state index contributed by atoms with van der Waals surface area (Å²) in [5, 5.41) is 8.15. The van der Waals surface area contributed by atoms with Gasteiger partial charge in [0.2, 0.25) is 0 Å². The maximum absolute atomic E-state index is 5.37. The van der Waals surface area contributed by atoms with Gasteiger partial charge in [0.05, 0.1) is 13.2 Å². The van der Waals surface area contributed by atoms with Crippen LogP contribution in [0.25, 0.3) is 10.9 Å². The summed E-state index contributed by atoms with van der Waals surface area (Å²) in [5.41, 5.74) is 3.88. The second kappa shape index (κ2) is 8.87. The monoisotopic (exact) mass is 343 g/mol. The van der Waals surface area contributed by atoms with Crippen molar-refractivity contribution < 1.29 is 4.74 Å². The van der Waals surface area contributed by atoms with Crippen molar-refractivity contribution in [3.8, 4) is 0 Å². The van der Waals surface area contributed by atoms with Crippen molar-refractivity contribution in [1.29, 1.82) is 0 Å². The Labute approximate surface area is 149 Å². The number of nitrogens with zero attached hydrogens (tertiary/aromatic N) is 2. The third-order valence-corrected chi connectivity index (χ3v) is 4.73. The molecule has 6 nitrogen and oxygen atoms in total. The topological polar surface area (TPSA) is 64.7 Å². The van der Waals surface area contributed by atoms with Crippen LogP contribution < -0.4 is 10.6 Å². The van der Waals surface area contributed by atoms with Crippen molar-refractivity contribution in [2.45, 2.75) is 13.3 Å². The molecule has 3 rings (SSSR count). The predicted octanol–water partition coefficient (Wildman–Crippen LogP) is 1.52. The first kappa shape index (κ1) is 17.8. The van der Waals surface area contributed by atoms with Crippen LogP contribution in [-0.4, -0.2) is 68.8 Å². The minimum atomic E-state index is 0.844. The van der Waals surface area contributed by atoms with Crippen LogP contribution in [0.3, 0.4) is 0 Å². The lowest BCUT2D eigenvalue weighted by Gasteiger charge is -2.26. The number of nitrogens with one attached hydrogen (secondary N) is 3. The summed E-state index contributed by atoms with van der Waals surface area (Å²) >= 11 is 0. The molecule has 0 bridgehead atoms. The average molecular weight is 343 g/mol. The van der Waals surface area contributed by atoms with Crippen molar-refractivity contribution in [3.05, 3.63) is 35.5 Å². The van der Waals surface area contributed by atoms with E-state index in [0.29, 0.717) is 0 Å². The standard InChI is InChI=1S/C19H29N5O/c1-15-4-3-5-17-18(15)16(14-23-17)6-7-21-19(20-2)22-8-9-24-10-12-25-13-11-24/h3-5,14,23H,6-13H2,1-2H3,(H2,20,21,22). The number of aryl methyl sites for hydroxylation is 1. The maximum atomic E-state index is 5.37. The molecule has 0 saturated carbocycles. The van der Waals surface area contributed by atoms with Crippen molar-refractivity contribution in [1.82, 2.24) is 20.5 Å². The molecule has 1 saturated heterocycles. The summed E-state index contributed by atoms with van der Waals surface area (Å²) < 4.78 is 5.37. The number of ether oxygens (including phenoxy) is 1. The van der Waals surface area contributed by atoms with E-state index < -0.39 is 0 Å². The van der Waals surface area contributed by atoms with Crippen molar-refractivity contribution in [3.63, 3.8) is 0 Å². The molecular weight excluding hydrogens is 314 g/mol. The molecule has 3 N–H and O–H groups in total. The normalized spacial score (nSPS) is 16.3. The Morgan fingerprint density at radius 3 is 2.84 bits per heavy atom. The number of aromatic nitrogens is 1. The van der Waals surface area contributed by atoms with E-state index in [1.54, 1.807) is 0 Å². The van der Waals surface area contributed by atoms with Gasteiger partial charge in [0, 0.05) is 56.9 Å². The third-order valence-electron chi connectivity index (χ3n) is 4.73. The first-order valence-corrected chi connectivity index (χ1v) is 9.08. The highest BCUT2D eigenvalue weighted by Crippen LogP contribution is 2.22. The molecular formula is C19H29N5O. The molecule has 25 heavy (non-hydrogen) atoms. The summed E-state index contributed by atoms with van der Waals surface area (Å²) in [7, 11) is 1.82. The molecule has 136 valence electrons. The fourth-order valence-electron chi connectivity index (χ4n) is 3.34. The Bertz CT molecular complexity index is 703. The second-order valence-corrected chi connectivity index (χ2v) is 6.44. The Morgan fingerprint density at radius 2 is 2.04 bits per heavy atom. The quantitative estimate of drug-likeness (QED) is 0.550. The number of fused-ring (bicyclic) bond motifs is 1. The molecule has 0 radical (unpaired) electrons. The van der Waals surface area contributed by atoms with Crippen LogP contribution >= 0.6 is 0 Å². The van der Waals surface area contributed by atoms with E-state index >= 15 is 0 Å². The average Bonchev–Trinajstić information content (AvgIpc) is 3.06. The Kier molecular flexibility index (Phi) is 6.30. The Morgan fingerprint density at radius 1 is 1.24 bits per heavy atom. The number of aliphatic imine (C=N–C) groups is 1. The summed E-state index contributed by atoms with van der Waals surface area (Å²) in [6.07, 6.45) is 3.09. The fraction of sp³-hybridized carbons (Fsp3) is 0.526. The largest absolute Gasteiger partial charge is 0.379 e. The highest BCUT2D eigenvalue weighted by molar-refractivity contribution is 5.86. The molecule has 0 atom stereocenters. The molecule has 2 aromatic rings. The van der Waals surface area contributed by atoms with Gasteiger partial charge in [0.25, 0.3) is 0 Å². The summed E-state index contributed by atoms with van der Waals surface area (Å²) in [5.74, 6) is 0.866. The number of hydrogen-bond acceptors (Lipinski definition) is 3. The van der Waals surface area contributed by atoms with E-state index in [1.165, 1.54) is 22.0 Å². The van der Waals surface area contributed by atoms with Gasteiger partial charge >= 0.3 is 0 Å². The second-order valence-electron chi connectivity index (χ2n) is 6.44. The maximum Gasteiger partial charge on any atom is 0.191 e. The number of aromatic amines is 1. The van der Waals surface area contributed by atoms with Crippen LogP contribution in [0.5, 0.6) is 0 Å². The molecule has 1 aromatic heterocycles. The van der Waals surface area contributed by atoms with Gasteiger partial charge in [-0.1, -0.05) is 12.1 Å². The van der Waals surface area contributed by atoms with Gasteiger partial charge < -0.3 is 20.4 Å². The van der Waals surface area contributed by atoms with E-state index in [-0.39, 0.29) is 0 Å². The van der Waals surface area contributed by atoms with Crippen LogP contribution in [0, 0.1) is 6.92 Å². The van der Waals surface area contributed by atoms with Crippen molar-refractivity contribution in [2.75, 3.05) is 53.0 Å². The number of hydrogen-bond donors (Lipinski definition) is 3. The molecule has 1 aromatic carbocycles. The summed E-state index contributed by atoms with van der Waals surface area (Å²) in [6.45, 7) is 8.67. The number of morpholine rings is 1. The van der Waals surface area contributed by atoms with Crippen LogP contribution in [0.4, 0.5) is 0 Å². The molecule has 1 aliphatic rings. The van der Waals surface area contributed by atoms with Crippen LogP contribution in [-0.2, 0) is 11.2 Å². The van der Waals surface area contributed by atoms with Crippen LogP contribution in [0.1, 0.15) is 11.1 Å². The van der Waals surface area contributed by atoms with Crippen LogP contribution in [0.15, 0.2) is 29.4 Å². The molecule has 0 aliphatic carbocycles. The Hall–Kier alpha value is -2.05. The van der Waals surface area contributed by atoms with Gasteiger partial charge in [0.15, 0.2) is 5.96 Å². The van der Waals surface area contributed by atoms with Gasteiger partial charge in [-0.2, -0.15) is 0 Å². The third kappa shape index (κ3) is 4.74. The number of rotatable bonds is 6. The molecule has 0 unspecified atom stereocenters. The first-order chi connectivity index (χ1) is 12.3. The lowest BCUT2D eigenvalue weighted by Crippen LogP contribution is -2.44. The van der Waals surface area contributed by atoms with Gasteiger partial charge in [-0.05, 0) is 30.5 Å². The number of benzene rings is 1. The number of H-pyrrole nitrogens is 1. The molecule has 2 heterocycles. The highest BCUT2D eigenvalue weighted by atomic mass is 16.5. The molecule has 0 amide bonds. The summed E-state index contributed by atoms with van der Waals surface area (Å²) in [4.78, 5) is 10.1. The van der Waals surface area contributed by atoms with E-state index in [0.717, 1.165) is 58.3 Å². The van der Waals surface area contributed by atoms with Gasteiger partial charge in [-0.3, -0.25) is 9.89 Å². The molecule has 1 aliphatic heterocycles. The van der Waals surface area contributed by atoms with Crippen molar-refractivity contribution in [2.24, 2.45) is 4.99 Å². The smallest absolute Gasteiger partial charge is 0.191 e. The summed E-state index contributed by atoms with van der Waals surface area (Å²) in [6, 6.07) is 6.39. The zero-order chi connectivity index (χ0) is 17.5. The Balaban J connectivity index is 1.43. The minimum absolute atomic E-state index is 0.844. The first-order valence-electron chi connectivity index (χ1n) is 9.08. The molecule has 0 spiro atoms. The lowest BCUT2D eigenvalue weighted by atomic mass is 10.1. The van der Waals surface area contributed by atoms with Crippen LogP contribution in [0.2, 0.25) is 0 Å². The molecule has 1 fully saturated rings. The number of guanidine groups is 1. The van der Waals surface area contributed by atoms with E-state index in [2.05, 4.69) is 56.8 Å². The molecule has 6 heteroatoms. The minimum Gasteiger partial charge on any atom is -0.379 e. The van der Waals surface area contributed by atoms with E-state index in [4.69, 9.17) is 4.74 Å². The van der Waals surface area contributed by atoms with Gasteiger partial charge in [-0.25, -0.2) is 0 Å². The zero-order valence-electron chi connectivity index (χ0n) is 15.3. The fourth-order valence-corrected chi connectivity index (χ4v) is 3.34. The zero-order valence-corrected chi connectivity index (χ0v) is 15.3. The predicted molar refractivity (Wildman–Crippen MR) is 103 cm³/mol. The van der Waals surface area contributed by atoms with Crippen molar-refractivity contribution >= 4 is 16.9 Å². The SMILES string of the molecule is CN=C(NCCc1c[nH]c2cccc(C)c12)NCCN1CCOCC1.